The number of Topliss-reactive ketones (excluding diaryl/α,β-unsaturated/α-hetero) is 1. The lowest BCUT2D eigenvalue weighted by Crippen LogP contribution is -2.48. The summed E-state index contributed by atoms with van der Waals surface area (Å²) in [4.78, 5) is 13.4. The van der Waals surface area contributed by atoms with Crippen LogP contribution in [0.25, 0.3) is 0 Å². The van der Waals surface area contributed by atoms with Crippen molar-refractivity contribution in [3.8, 4) is 0 Å². The summed E-state index contributed by atoms with van der Waals surface area (Å²) in [5, 5.41) is 10.2. The maximum atomic E-state index is 13.4. The first kappa shape index (κ1) is 21.6. The molecule has 2 heteroatoms. The van der Waals surface area contributed by atoms with Crippen molar-refractivity contribution in [1.82, 2.24) is 0 Å². The van der Waals surface area contributed by atoms with Crippen LogP contribution in [0.15, 0.2) is 11.1 Å². The van der Waals surface area contributed by atoms with Gasteiger partial charge in [0.25, 0.3) is 0 Å². The van der Waals surface area contributed by atoms with E-state index in [1.54, 1.807) is 5.57 Å². The van der Waals surface area contributed by atoms with E-state index in [0.29, 0.717) is 34.9 Å². The fourth-order valence-electron chi connectivity index (χ4n) is 8.22. The molecule has 4 aliphatic carbocycles. The quantitative estimate of drug-likeness (QED) is 0.556. The summed E-state index contributed by atoms with van der Waals surface area (Å²) in [5.74, 6) is 3.70. The highest BCUT2D eigenvalue weighted by molar-refractivity contribution is 6.00. The van der Waals surface area contributed by atoms with E-state index in [1.165, 1.54) is 44.1 Å². The molecular weight excluding hydrogens is 356 g/mol. The van der Waals surface area contributed by atoms with Crippen LogP contribution in [0.1, 0.15) is 105 Å². The highest BCUT2D eigenvalue weighted by Gasteiger charge is 2.57. The highest BCUT2D eigenvalue weighted by Crippen LogP contribution is 2.65. The third-order valence-corrected chi connectivity index (χ3v) is 9.96. The van der Waals surface area contributed by atoms with E-state index in [4.69, 9.17) is 0 Å². The van der Waals surface area contributed by atoms with E-state index in [-0.39, 0.29) is 11.5 Å². The number of aliphatic hydroxyl groups is 1. The van der Waals surface area contributed by atoms with Crippen LogP contribution in [-0.2, 0) is 4.79 Å². The van der Waals surface area contributed by atoms with E-state index in [0.717, 1.165) is 38.0 Å². The first-order chi connectivity index (χ1) is 13.7. The lowest BCUT2D eigenvalue weighted by molar-refractivity contribution is -0.115. The zero-order valence-corrected chi connectivity index (χ0v) is 19.6. The molecule has 0 bridgehead atoms. The molecule has 0 aromatic rings. The summed E-state index contributed by atoms with van der Waals surface area (Å²) in [6.45, 7) is 12.0. The minimum absolute atomic E-state index is 0.0969. The minimum Gasteiger partial charge on any atom is -0.393 e. The Morgan fingerprint density at radius 1 is 1.07 bits per heavy atom. The first-order valence-corrected chi connectivity index (χ1v) is 12.6. The molecule has 0 radical (unpaired) electrons. The molecule has 0 aliphatic heterocycles. The van der Waals surface area contributed by atoms with E-state index >= 15 is 0 Å². The summed E-state index contributed by atoms with van der Waals surface area (Å²) in [6, 6.07) is 0. The Morgan fingerprint density at radius 3 is 2.55 bits per heavy atom. The molecule has 4 aliphatic rings. The predicted octanol–water partition coefficient (Wildman–Crippen LogP) is 6.71. The van der Waals surface area contributed by atoms with Crippen molar-refractivity contribution in [1.29, 1.82) is 0 Å². The molecule has 0 unspecified atom stereocenters. The molecule has 164 valence electrons. The molecule has 1 N–H and O–H groups in total. The van der Waals surface area contributed by atoms with Gasteiger partial charge < -0.3 is 5.11 Å². The molecule has 7 atom stereocenters. The molecule has 3 saturated carbocycles. The number of ketones is 1. The smallest absolute Gasteiger partial charge is 0.159 e. The summed E-state index contributed by atoms with van der Waals surface area (Å²) >= 11 is 0. The number of rotatable bonds is 5. The molecule has 0 heterocycles. The van der Waals surface area contributed by atoms with Gasteiger partial charge in [-0.25, -0.2) is 0 Å². The van der Waals surface area contributed by atoms with E-state index in [9.17, 15) is 9.90 Å². The molecule has 4 rings (SSSR count). The second-order valence-electron chi connectivity index (χ2n) is 12.1. The Labute approximate surface area is 178 Å². The van der Waals surface area contributed by atoms with Gasteiger partial charge in [-0.3, -0.25) is 4.79 Å². The number of hydrogen-bond donors (Lipinski definition) is 1. The predicted molar refractivity (Wildman–Crippen MR) is 120 cm³/mol. The van der Waals surface area contributed by atoms with Gasteiger partial charge in [0.05, 0.1) is 6.10 Å². The van der Waals surface area contributed by atoms with E-state index in [2.05, 4.69) is 34.6 Å². The molecule has 0 spiro atoms. The minimum atomic E-state index is -0.0969. The van der Waals surface area contributed by atoms with Crippen molar-refractivity contribution in [3.63, 3.8) is 0 Å². The van der Waals surface area contributed by atoms with Crippen LogP contribution in [0.3, 0.4) is 0 Å². The first-order valence-electron chi connectivity index (χ1n) is 12.6. The fraction of sp³-hybridized carbons (Fsp3) is 0.889. The Kier molecular flexibility index (Phi) is 5.82. The van der Waals surface area contributed by atoms with E-state index in [1.807, 2.05) is 0 Å². The zero-order valence-electron chi connectivity index (χ0n) is 19.6. The summed E-state index contributed by atoms with van der Waals surface area (Å²) in [6.07, 6.45) is 12.4. The van der Waals surface area contributed by atoms with Gasteiger partial charge in [0.2, 0.25) is 0 Å². The van der Waals surface area contributed by atoms with Crippen LogP contribution in [0.5, 0.6) is 0 Å². The van der Waals surface area contributed by atoms with Crippen LogP contribution in [-0.4, -0.2) is 17.0 Å². The van der Waals surface area contributed by atoms with Crippen LogP contribution >= 0.6 is 0 Å². The van der Waals surface area contributed by atoms with Crippen molar-refractivity contribution in [3.05, 3.63) is 11.1 Å². The topological polar surface area (TPSA) is 37.3 Å². The number of hydrogen-bond acceptors (Lipinski definition) is 2. The molecule has 3 fully saturated rings. The van der Waals surface area contributed by atoms with Crippen molar-refractivity contribution in [2.75, 3.05) is 0 Å². The fourth-order valence-corrected chi connectivity index (χ4v) is 8.22. The van der Waals surface area contributed by atoms with Gasteiger partial charge in [-0.05, 0) is 85.4 Å². The molecule has 0 aromatic heterocycles. The number of allylic oxidation sites excluding steroid dienone is 2. The Hall–Kier alpha value is -0.630. The van der Waals surface area contributed by atoms with Crippen LogP contribution in [0, 0.1) is 40.4 Å². The Morgan fingerprint density at radius 2 is 1.83 bits per heavy atom. The van der Waals surface area contributed by atoms with Gasteiger partial charge >= 0.3 is 0 Å². The highest BCUT2D eigenvalue weighted by atomic mass is 16.3. The van der Waals surface area contributed by atoms with Gasteiger partial charge in [-0.2, -0.15) is 0 Å². The SMILES string of the molecule is CC(C)CCC[C@@H](C)[C@@H]1CC(=O)C2=C3CC[C@@H]4C[C@H](O)CC[C@]4(C)[C@@H]3CC[C@]21C. The number of fused-ring (bicyclic) bond motifs is 4. The van der Waals surface area contributed by atoms with Gasteiger partial charge in [0.1, 0.15) is 0 Å². The normalized spacial score (nSPS) is 43.2. The average Bonchev–Trinajstić information content (AvgIpc) is 2.93. The lowest BCUT2D eigenvalue weighted by atomic mass is 9.48. The molecule has 2 nitrogen and oxygen atoms in total. The number of aliphatic hydroxyl groups excluding tert-OH is 1. The second kappa shape index (κ2) is 7.81. The molecule has 0 saturated heterocycles. The third kappa shape index (κ3) is 3.56. The maximum Gasteiger partial charge on any atom is 0.159 e. The van der Waals surface area contributed by atoms with Crippen LogP contribution in [0.2, 0.25) is 0 Å². The maximum absolute atomic E-state index is 13.4. The van der Waals surface area contributed by atoms with Gasteiger partial charge in [0.15, 0.2) is 5.78 Å². The van der Waals surface area contributed by atoms with E-state index < -0.39 is 0 Å². The average molecular weight is 401 g/mol. The van der Waals surface area contributed by atoms with Gasteiger partial charge in [0, 0.05) is 12.0 Å². The van der Waals surface area contributed by atoms with Crippen molar-refractivity contribution in [2.24, 2.45) is 40.4 Å². The monoisotopic (exact) mass is 400 g/mol. The van der Waals surface area contributed by atoms with Crippen molar-refractivity contribution in [2.45, 2.75) is 111 Å². The summed E-state index contributed by atoms with van der Waals surface area (Å²) < 4.78 is 0. The lowest BCUT2D eigenvalue weighted by Gasteiger charge is -2.56. The second-order valence-corrected chi connectivity index (χ2v) is 12.1. The van der Waals surface area contributed by atoms with Crippen molar-refractivity contribution >= 4 is 5.78 Å². The number of carbonyl (C=O) groups excluding carboxylic acids is 1. The van der Waals surface area contributed by atoms with Crippen LogP contribution in [0.4, 0.5) is 0 Å². The third-order valence-electron chi connectivity index (χ3n) is 9.96. The molecule has 0 aromatic carbocycles. The van der Waals surface area contributed by atoms with Crippen molar-refractivity contribution < 1.29 is 9.90 Å². The van der Waals surface area contributed by atoms with Gasteiger partial charge in [-0.15, -0.1) is 0 Å². The largest absolute Gasteiger partial charge is 0.393 e. The molecule has 0 amide bonds. The Bertz CT molecular complexity index is 676. The summed E-state index contributed by atoms with van der Waals surface area (Å²) in [5.41, 5.74) is 3.29. The number of carbonyl (C=O) groups is 1. The van der Waals surface area contributed by atoms with Crippen LogP contribution < -0.4 is 0 Å². The Balaban J connectivity index is 1.59. The summed E-state index contributed by atoms with van der Waals surface area (Å²) in [7, 11) is 0. The standard InChI is InChI=1S/C27H44O2/c1-17(2)7-6-8-18(3)23-16-24(29)25-21-10-9-19-15-20(28)11-13-26(19,4)22(21)12-14-27(23,25)5/h17-20,22-23,28H,6-16H2,1-5H3/t18-,19-,20-,22-,23+,26+,27+/m1/s1. The molecule has 29 heavy (non-hydrogen) atoms. The molecular formula is C27H44O2. The van der Waals surface area contributed by atoms with Gasteiger partial charge in [-0.1, -0.05) is 59.5 Å². The zero-order chi connectivity index (χ0) is 21.0.